The molecule has 0 saturated carbocycles. The minimum absolute atomic E-state index is 0.162. The lowest BCUT2D eigenvalue weighted by molar-refractivity contribution is -0.385. The Morgan fingerprint density at radius 2 is 2.05 bits per heavy atom. The fourth-order valence-corrected chi connectivity index (χ4v) is 1.36. The van der Waals surface area contributed by atoms with E-state index in [4.69, 9.17) is 5.11 Å². The predicted molar refractivity (Wildman–Crippen MR) is 62.2 cm³/mol. The third-order valence-corrected chi connectivity index (χ3v) is 2.17. The molecule has 0 aliphatic carbocycles. The predicted octanol–water partition coefficient (Wildman–Crippen LogP) is 2.08. The highest BCUT2D eigenvalue weighted by Crippen LogP contribution is 2.28. The van der Waals surface area contributed by atoms with Crippen LogP contribution in [0.3, 0.4) is 0 Å². The third-order valence-electron chi connectivity index (χ3n) is 2.17. The Hall–Kier alpha value is -2.09. The number of nitro groups is 1. The molecule has 0 atom stereocenters. The largest absolute Gasteiger partial charge is 0.430 e. The number of para-hydroxylation sites is 1. The number of aliphatic hydroxyl groups is 1. The molecule has 1 aromatic rings. The summed E-state index contributed by atoms with van der Waals surface area (Å²) in [7, 11) is 0. The van der Waals surface area contributed by atoms with Gasteiger partial charge in [0.05, 0.1) is 17.1 Å². The molecule has 8 heteroatoms. The van der Waals surface area contributed by atoms with Crippen molar-refractivity contribution >= 4 is 11.8 Å². The minimum atomic E-state index is -4.68. The van der Waals surface area contributed by atoms with Crippen LogP contribution in [0.4, 0.5) is 18.9 Å². The number of hydrogen-bond acceptors (Lipinski definition) is 4. The summed E-state index contributed by atoms with van der Waals surface area (Å²) in [6, 6.07) is 5.10. The Bertz CT molecular complexity index is 486. The normalized spacial score (nSPS) is 12.3. The number of halogens is 3. The number of alkyl halides is 3. The van der Waals surface area contributed by atoms with E-state index in [9.17, 15) is 23.3 Å². The van der Waals surface area contributed by atoms with Crippen molar-refractivity contribution in [2.75, 3.05) is 13.2 Å². The van der Waals surface area contributed by atoms with Gasteiger partial charge in [-0.3, -0.25) is 10.1 Å². The average Bonchev–Trinajstić information content (AvgIpc) is 2.33. The molecule has 0 aliphatic heterocycles. The molecule has 0 spiro atoms. The second-order valence-electron chi connectivity index (χ2n) is 3.52. The van der Waals surface area contributed by atoms with Gasteiger partial charge in [0.2, 0.25) is 0 Å². The summed E-state index contributed by atoms with van der Waals surface area (Å²) in [6.45, 7) is -0.781. The van der Waals surface area contributed by atoms with E-state index in [1.165, 1.54) is 18.2 Å². The molecule has 5 nitrogen and oxygen atoms in total. The minimum Gasteiger partial charge on any atom is -0.395 e. The number of allylic oxidation sites excluding steroid dienone is 1. The van der Waals surface area contributed by atoms with Crippen molar-refractivity contribution in [2.24, 2.45) is 0 Å². The lowest BCUT2D eigenvalue weighted by atomic mass is 10.1. The number of rotatable bonds is 5. The van der Waals surface area contributed by atoms with Crippen LogP contribution in [0.1, 0.15) is 5.56 Å². The van der Waals surface area contributed by atoms with Gasteiger partial charge in [0.15, 0.2) is 0 Å². The number of nitro benzene ring substituents is 1. The van der Waals surface area contributed by atoms with Gasteiger partial charge in [-0.05, 0) is 12.1 Å². The van der Waals surface area contributed by atoms with Crippen molar-refractivity contribution in [1.29, 1.82) is 0 Å². The highest BCUT2D eigenvalue weighted by atomic mass is 19.4. The van der Waals surface area contributed by atoms with Crippen LogP contribution in [0.25, 0.3) is 6.08 Å². The summed E-state index contributed by atoms with van der Waals surface area (Å²) in [6.07, 6.45) is -4.04. The van der Waals surface area contributed by atoms with Crippen LogP contribution in [0.5, 0.6) is 0 Å². The molecule has 0 fully saturated rings. The van der Waals surface area contributed by atoms with Gasteiger partial charge in [0.1, 0.15) is 5.70 Å². The van der Waals surface area contributed by atoms with Crippen LogP contribution in [-0.2, 0) is 0 Å². The molecule has 0 aliphatic rings. The maximum atomic E-state index is 12.7. The van der Waals surface area contributed by atoms with Gasteiger partial charge in [-0.2, -0.15) is 13.2 Å². The lowest BCUT2D eigenvalue weighted by Crippen LogP contribution is -2.28. The quantitative estimate of drug-likeness (QED) is 0.637. The van der Waals surface area contributed by atoms with E-state index in [0.717, 1.165) is 6.07 Å². The van der Waals surface area contributed by atoms with Crippen molar-refractivity contribution in [1.82, 2.24) is 5.32 Å². The molecule has 0 bridgehead atoms. The van der Waals surface area contributed by atoms with E-state index in [2.05, 4.69) is 0 Å². The van der Waals surface area contributed by atoms with Crippen molar-refractivity contribution in [3.05, 3.63) is 45.6 Å². The van der Waals surface area contributed by atoms with Crippen molar-refractivity contribution in [3.63, 3.8) is 0 Å². The molecule has 104 valence electrons. The zero-order chi connectivity index (χ0) is 14.5. The van der Waals surface area contributed by atoms with Crippen LogP contribution in [0.2, 0.25) is 0 Å². The van der Waals surface area contributed by atoms with Gasteiger partial charge >= 0.3 is 6.18 Å². The first-order valence-corrected chi connectivity index (χ1v) is 5.23. The molecule has 0 aromatic heterocycles. The summed E-state index contributed by atoms with van der Waals surface area (Å²) in [4.78, 5) is 9.94. The maximum absolute atomic E-state index is 12.7. The highest BCUT2D eigenvalue weighted by molar-refractivity contribution is 5.63. The van der Waals surface area contributed by atoms with E-state index < -0.39 is 29.1 Å². The second kappa shape index (κ2) is 6.19. The summed E-state index contributed by atoms with van der Waals surface area (Å²) >= 11 is 0. The first-order valence-electron chi connectivity index (χ1n) is 5.23. The van der Waals surface area contributed by atoms with E-state index in [0.29, 0.717) is 6.08 Å². The number of hydrogen-bond donors (Lipinski definition) is 2. The van der Waals surface area contributed by atoms with Crippen LogP contribution >= 0.6 is 0 Å². The SMILES string of the molecule is O=[N+]([O-])c1ccccc1/C=C(\NCCO)C(F)(F)F. The lowest BCUT2D eigenvalue weighted by Gasteiger charge is -2.13. The summed E-state index contributed by atoms with van der Waals surface area (Å²) < 4.78 is 38.0. The molecule has 0 unspecified atom stereocenters. The molecule has 1 aromatic carbocycles. The van der Waals surface area contributed by atoms with Crippen molar-refractivity contribution < 1.29 is 23.2 Å². The Morgan fingerprint density at radius 3 is 2.58 bits per heavy atom. The Morgan fingerprint density at radius 1 is 1.42 bits per heavy atom. The summed E-state index contributed by atoms with van der Waals surface area (Å²) in [5.41, 5.74) is -1.73. The van der Waals surface area contributed by atoms with E-state index in [1.807, 2.05) is 5.32 Å². The van der Waals surface area contributed by atoms with E-state index in [1.54, 1.807) is 0 Å². The molecule has 19 heavy (non-hydrogen) atoms. The monoisotopic (exact) mass is 276 g/mol. The van der Waals surface area contributed by atoms with Crippen LogP contribution in [-0.4, -0.2) is 29.4 Å². The van der Waals surface area contributed by atoms with E-state index in [-0.39, 0.29) is 12.1 Å². The average molecular weight is 276 g/mol. The third kappa shape index (κ3) is 4.25. The number of nitrogens with zero attached hydrogens (tertiary/aromatic N) is 1. The smallest absolute Gasteiger partial charge is 0.395 e. The standard InChI is InChI=1S/C11H11F3N2O3/c12-11(13,14)10(15-5-6-17)7-8-3-1-2-4-9(8)16(18)19/h1-4,7,15,17H,5-6H2/b10-7-. The zero-order valence-corrected chi connectivity index (χ0v) is 9.65. The van der Waals surface area contributed by atoms with Gasteiger partial charge in [-0.25, -0.2) is 0 Å². The van der Waals surface area contributed by atoms with Gasteiger partial charge in [0, 0.05) is 12.6 Å². The van der Waals surface area contributed by atoms with Gasteiger partial charge in [0.25, 0.3) is 5.69 Å². The fourth-order valence-electron chi connectivity index (χ4n) is 1.36. The van der Waals surface area contributed by atoms with Gasteiger partial charge in [-0.1, -0.05) is 12.1 Å². The Balaban J connectivity index is 3.18. The van der Waals surface area contributed by atoms with Gasteiger partial charge < -0.3 is 10.4 Å². The number of aliphatic hydroxyl groups excluding tert-OH is 1. The van der Waals surface area contributed by atoms with Gasteiger partial charge in [-0.15, -0.1) is 0 Å². The molecule has 0 amide bonds. The maximum Gasteiger partial charge on any atom is 0.430 e. The topological polar surface area (TPSA) is 75.4 Å². The number of benzene rings is 1. The van der Waals surface area contributed by atoms with Crippen molar-refractivity contribution in [3.8, 4) is 0 Å². The molecule has 0 saturated heterocycles. The summed E-state index contributed by atoms with van der Waals surface area (Å²) in [5.74, 6) is 0. The first-order chi connectivity index (χ1) is 8.86. The van der Waals surface area contributed by atoms with Crippen LogP contribution in [0.15, 0.2) is 30.0 Å². The number of nitrogens with one attached hydrogen (secondary N) is 1. The molecule has 2 N–H and O–H groups in total. The molecular weight excluding hydrogens is 265 g/mol. The molecule has 0 heterocycles. The highest BCUT2D eigenvalue weighted by Gasteiger charge is 2.34. The van der Waals surface area contributed by atoms with Crippen LogP contribution in [0, 0.1) is 10.1 Å². The van der Waals surface area contributed by atoms with E-state index >= 15 is 0 Å². The molecule has 0 radical (unpaired) electrons. The first kappa shape index (κ1) is 15.0. The van der Waals surface area contributed by atoms with Crippen LogP contribution < -0.4 is 5.32 Å². The van der Waals surface area contributed by atoms with Crippen molar-refractivity contribution in [2.45, 2.75) is 6.18 Å². The molecule has 1 rings (SSSR count). The fraction of sp³-hybridized carbons (Fsp3) is 0.273. The Kier molecular flexibility index (Phi) is 4.87. The molecular formula is C11H11F3N2O3. The zero-order valence-electron chi connectivity index (χ0n) is 9.65. The second-order valence-corrected chi connectivity index (χ2v) is 3.52. The summed E-state index contributed by atoms with van der Waals surface area (Å²) in [5, 5.41) is 21.2. The Labute approximate surface area is 106 Å².